The summed E-state index contributed by atoms with van der Waals surface area (Å²) in [6.45, 7) is 8.62. The van der Waals surface area contributed by atoms with E-state index >= 15 is 0 Å². The van der Waals surface area contributed by atoms with Crippen LogP contribution < -0.4 is 10.6 Å². The summed E-state index contributed by atoms with van der Waals surface area (Å²) in [5, 5.41) is 4.93. The smallest absolute Gasteiger partial charge is 0.408 e. The lowest BCUT2D eigenvalue weighted by atomic mass is 10.2. The molecule has 0 aromatic rings. The Bertz CT molecular complexity index is 453. The van der Waals surface area contributed by atoms with Crippen LogP contribution in [-0.2, 0) is 23.8 Å². The first-order chi connectivity index (χ1) is 10.6. The molecule has 0 aliphatic rings. The number of esters is 1. The molecule has 0 radical (unpaired) electrons. The van der Waals surface area contributed by atoms with Crippen LogP contribution in [0.4, 0.5) is 4.79 Å². The molecule has 1 atom stereocenters. The van der Waals surface area contributed by atoms with Crippen molar-refractivity contribution in [3.63, 3.8) is 0 Å². The molecule has 1 unspecified atom stereocenters. The Balaban J connectivity index is 4.73. The first-order valence-electron chi connectivity index (χ1n) is 7.28. The lowest BCUT2D eigenvalue weighted by Gasteiger charge is -2.21. The van der Waals surface area contributed by atoms with Crippen molar-refractivity contribution in [2.24, 2.45) is 0 Å². The van der Waals surface area contributed by atoms with Crippen LogP contribution in [0.3, 0.4) is 0 Å². The quantitative estimate of drug-likeness (QED) is 0.412. The molecule has 0 rings (SSSR count). The van der Waals surface area contributed by atoms with Gasteiger partial charge in [0.25, 0.3) is 5.91 Å². The Morgan fingerprint density at radius 1 is 1.22 bits per heavy atom. The van der Waals surface area contributed by atoms with Crippen LogP contribution in [0, 0.1) is 0 Å². The molecule has 0 bridgehead atoms. The predicted octanol–water partition coefficient (Wildman–Crippen LogP) is 1.11. The molecule has 2 N–H and O–H groups in total. The summed E-state index contributed by atoms with van der Waals surface area (Å²) >= 11 is 0. The third kappa shape index (κ3) is 10.2. The Kier molecular flexibility index (Phi) is 8.75. The SMILES string of the molecule is CCO/C(=C\C(C)NC(=O)OC(C)(C)C)C(=O)NCC(=O)OC. The number of alkyl carbamates (subject to hydrolysis) is 1. The van der Waals surface area contributed by atoms with Crippen molar-refractivity contribution in [1.29, 1.82) is 0 Å². The number of rotatable bonds is 7. The van der Waals surface area contributed by atoms with E-state index in [0.717, 1.165) is 0 Å². The topological polar surface area (TPSA) is 103 Å². The highest BCUT2D eigenvalue weighted by Gasteiger charge is 2.19. The normalized spacial score (nSPS) is 12.9. The van der Waals surface area contributed by atoms with Gasteiger partial charge in [0.15, 0.2) is 5.76 Å². The molecule has 23 heavy (non-hydrogen) atoms. The minimum absolute atomic E-state index is 0.0000354. The van der Waals surface area contributed by atoms with E-state index in [1.165, 1.54) is 13.2 Å². The van der Waals surface area contributed by atoms with Crippen molar-refractivity contribution in [1.82, 2.24) is 10.6 Å². The van der Waals surface area contributed by atoms with Crippen molar-refractivity contribution in [2.75, 3.05) is 20.3 Å². The van der Waals surface area contributed by atoms with Crippen LogP contribution in [0.25, 0.3) is 0 Å². The maximum Gasteiger partial charge on any atom is 0.408 e. The number of carbonyl (C=O) groups excluding carboxylic acids is 3. The molecule has 0 saturated heterocycles. The summed E-state index contributed by atoms with van der Waals surface area (Å²) in [6, 6.07) is -0.504. The van der Waals surface area contributed by atoms with Gasteiger partial charge in [0.2, 0.25) is 0 Å². The fraction of sp³-hybridized carbons (Fsp3) is 0.667. The average molecular weight is 330 g/mol. The van der Waals surface area contributed by atoms with Gasteiger partial charge in [-0.3, -0.25) is 9.59 Å². The fourth-order valence-corrected chi connectivity index (χ4v) is 1.42. The van der Waals surface area contributed by atoms with Crippen LogP contribution >= 0.6 is 0 Å². The van der Waals surface area contributed by atoms with E-state index in [0.29, 0.717) is 0 Å². The van der Waals surface area contributed by atoms with E-state index in [1.54, 1.807) is 34.6 Å². The summed E-state index contributed by atoms with van der Waals surface area (Å²) in [5.41, 5.74) is -0.617. The lowest BCUT2D eigenvalue weighted by molar-refractivity contribution is -0.141. The second-order valence-corrected chi connectivity index (χ2v) is 5.66. The van der Waals surface area contributed by atoms with Gasteiger partial charge in [-0.25, -0.2) is 4.79 Å². The molecule has 0 aliphatic carbocycles. The molecular weight excluding hydrogens is 304 g/mol. The summed E-state index contributed by atoms with van der Waals surface area (Å²) in [5.74, 6) is -1.15. The van der Waals surface area contributed by atoms with Gasteiger partial charge in [-0.2, -0.15) is 0 Å². The Hall–Kier alpha value is -2.25. The van der Waals surface area contributed by atoms with E-state index in [2.05, 4.69) is 15.4 Å². The zero-order chi connectivity index (χ0) is 18.0. The van der Waals surface area contributed by atoms with Crippen LogP contribution in [0.15, 0.2) is 11.8 Å². The van der Waals surface area contributed by atoms with E-state index < -0.39 is 29.6 Å². The molecular formula is C15H26N2O6. The molecule has 0 fully saturated rings. The van der Waals surface area contributed by atoms with E-state index in [9.17, 15) is 14.4 Å². The maximum absolute atomic E-state index is 11.9. The van der Waals surface area contributed by atoms with Gasteiger partial charge >= 0.3 is 12.1 Å². The van der Waals surface area contributed by atoms with Crippen molar-refractivity contribution in [3.8, 4) is 0 Å². The standard InChI is InChI=1S/C15H26N2O6/c1-7-22-11(13(19)16-9-12(18)21-6)8-10(2)17-14(20)23-15(3,4)5/h8,10H,7,9H2,1-6H3,(H,16,19)(H,17,20)/b11-8-. The number of methoxy groups -OCH3 is 1. The molecule has 8 nitrogen and oxygen atoms in total. The number of hydrogen-bond donors (Lipinski definition) is 2. The second kappa shape index (κ2) is 9.70. The number of amides is 2. The summed E-state index contributed by atoms with van der Waals surface area (Å²) in [7, 11) is 1.22. The molecule has 0 heterocycles. The Morgan fingerprint density at radius 3 is 2.30 bits per heavy atom. The van der Waals surface area contributed by atoms with Crippen molar-refractivity contribution < 1.29 is 28.6 Å². The van der Waals surface area contributed by atoms with E-state index in [1.807, 2.05) is 0 Å². The van der Waals surface area contributed by atoms with Crippen LogP contribution in [-0.4, -0.2) is 49.9 Å². The van der Waals surface area contributed by atoms with Crippen LogP contribution in [0.1, 0.15) is 34.6 Å². The minimum atomic E-state index is -0.617. The fourth-order valence-electron chi connectivity index (χ4n) is 1.42. The molecule has 0 aromatic heterocycles. The highest BCUT2D eigenvalue weighted by molar-refractivity contribution is 5.93. The third-order valence-electron chi connectivity index (χ3n) is 2.29. The van der Waals surface area contributed by atoms with Gasteiger partial charge in [-0.05, 0) is 40.7 Å². The molecule has 8 heteroatoms. The van der Waals surface area contributed by atoms with Gasteiger partial charge in [0, 0.05) is 0 Å². The van der Waals surface area contributed by atoms with E-state index in [-0.39, 0.29) is 18.9 Å². The third-order valence-corrected chi connectivity index (χ3v) is 2.29. The van der Waals surface area contributed by atoms with Gasteiger partial charge in [-0.1, -0.05) is 0 Å². The van der Waals surface area contributed by atoms with Gasteiger partial charge in [-0.15, -0.1) is 0 Å². The van der Waals surface area contributed by atoms with E-state index in [4.69, 9.17) is 9.47 Å². The highest BCUT2D eigenvalue weighted by atomic mass is 16.6. The van der Waals surface area contributed by atoms with Gasteiger partial charge in [0.1, 0.15) is 12.1 Å². The van der Waals surface area contributed by atoms with Crippen molar-refractivity contribution in [3.05, 3.63) is 11.8 Å². The Labute approximate surface area is 136 Å². The maximum atomic E-state index is 11.9. The molecule has 2 amide bonds. The number of hydrogen-bond acceptors (Lipinski definition) is 6. The Morgan fingerprint density at radius 2 is 1.83 bits per heavy atom. The zero-order valence-corrected chi connectivity index (χ0v) is 14.5. The second-order valence-electron chi connectivity index (χ2n) is 5.66. The minimum Gasteiger partial charge on any atom is -0.488 e. The average Bonchev–Trinajstić information content (AvgIpc) is 2.41. The predicted molar refractivity (Wildman–Crippen MR) is 83.6 cm³/mol. The first-order valence-corrected chi connectivity index (χ1v) is 7.28. The van der Waals surface area contributed by atoms with Crippen molar-refractivity contribution >= 4 is 18.0 Å². The number of nitrogens with one attached hydrogen (secondary N) is 2. The highest BCUT2D eigenvalue weighted by Crippen LogP contribution is 2.07. The number of ether oxygens (including phenoxy) is 3. The molecule has 0 spiro atoms. The lowest BCUT2D eigenvalue weighted by Crippen LogP contribution is -2.38. The summed E-state index contributed by atoms with van der Waals surface area (Å²) in [4.78, 5) is 34.6. The number of carbonyl (C=O) groups is 3. The summed E-state index contributed by atoms with van der Waals surface area (Å²) < 4.78 is 14.8. The zero-order valence-electron chi connectivity index (χ0n) is 14.5. The molecule has 132 valence electrons. The van der Waals surface area contributed by atoms with Gasteiger partial charge in [0.05, 0.1) is 19.8 Å². The van der Waals surface area contributed by atoms with Crippen LogP contribution in [0.2, 0.25) is 0 Å². The summed E-state index contributed by atoms with van der Waals surface area (Å²) in [6.07, 6.45) is 0.826. The monoisotopic (exact) mass is 330 g/mol. The van der Waals surface area contributed by atoms with Crippen molar-refractivity contribution in [2.45, 2.75) is 46.3 Å². The molecule has 0 aromatic carbocycles. The van der Waals surface area contributed by atoms with Crippen LogP contribution in [0.5, 0.6) is 0 Å². The molecule has 0 aliphatic heterocycles. The molecule has 0 saturated carbocycles. The first kappa shape index (κ1) is 20.8. The largest absolute Gasteiger partial charge is 0.488 e. The van der Waals surface area contributed by atoms with Gasteiger partial charge < -0.3 is 24.8 Å².